The van der Waals surface area contributed by atoms with Crippen molar-refractivity contribution in [2.75, 3.05) is 31.3 Å². The van der Waals surface area contributed by atoms with Gasteiger partial charge in [-0.2, -0.15) is 4.31 Å². The largest absolute Gasteiger partial charge is 0.326 e. The molecular weight excluding hydrogens is 369 g/mol. The summed E-state index contributed by atoms with van der Waals surface area (Å²) in [5, 5.41) is 0. The molecule has 2 atom stereocenters. The zero-order valence-electron chi connectivity index (χ0n) is 13.2. The molecule has 0 saturated carbocycles. The number of halogens is 1. The molecule has 0 bridgehead atoms. The van der Waals surface area contributed by atoms with Crippen LogP contribution in [-0.4, -0.2) is 77.7 Å². The average molecular weight is 385 g/mol. The molecule has 134 valence electrons. The van der Waals surface area contributed by atoms with Crippen molar-refractivity contribution in [2.24, 2.45) is 0 Å². The van der Waals surface area contributed by atoms with Crippen LogP contribution in [0.1, 0.15) is 0 Å². The maximum atomic E-state index is 13.9. The van der Waals surface area contributed by atoms with E-state index in [2.05, 4.69) is 0 Å². The van der Waals surface area contributed by atoms with Gasteiger partial charge in [0.1, 0.15) is 22.8 Å². The van der Waals surface area contributed by atoms with E-state index in [9.17, 15) is 22.4 Å². The van der Waals surface area contributed by atoms with Crippen LogP contribution >= 0.6 is 11.8 Å². The predicted octanol–water partition coefficient (Wildman–Crippen LogP) is -0.0577. The van der Waals surface area contributed by atoms with Gasteiger partial charge >= 0.3 is 0 Å². The van der Waals surface area contributed by atoms with E-state index in [1.165, 1.54) is 39.8 Å². The van der Waals surface area contributed by atoms with Crippen molar-refractivity contribution in [3.8, 4) is 0 Å². The Morgan fingerprint density at radius 1 is 1.04 bits per heavy atom. The van der Waals surface area contributed by atoms with Crippen LogP contribution in [0.2, 0.25) is 0 Å². The summed E-state index contributed by atoms with van der Waals surface area (Å²) in [5.41, 5.74) is 0. The molecule has 2 amide bonds. The second-order valence-corrected chi connectivity index (χ2v) is 9.07. The van der Waals surface area contributed by atoms with E-state index in [4.69, 9.17) is 0 Å². The van der Waals surface area contributed by atoms with Crippen molar-refractivity contribution in [3.63, 3.8) is 0 Å². The number of nitrogens with zero attached hydrogens (tertiary/aromatic N) is 3. The van der Waals surface area contributed by atoms with Crippen molar-refractivity contribution >= 4 is 33.6 Å². The Balaban J connectivity index is 1.63. The molecule has 4 rings (SSSR count). The van der Waals surface area contributed by atoms with Gasteiger partial charge in [0, 0.05) is 25.4 Å². The van der Waals surface area contributed by atoms with Crippen LogP contribution in [0.25, 0.3) is 0 Å². The van der Waals surface area contributed by atoms with Crippen molar-refractivity contribution in [1.29, 1.82) is 0 Å². The van der Waals surface area contributed by atoms with Gasteiger partial charge in [-0.15, -0.1) is 11.8 Å². The summed E-state index contributed by atoms with van der Waals surface area (Å²) in [6.45, 7) is 0.0408. The lowest BCUT2D eigenvalue weighted by Crippen LogP contribution is -2.69. The minimum absolute atomic E-state index is 0.0477. The van der Waals surface area contributed by atoms with Crippen LogP contribution in [0.5, 0.6) is 0 Å². The normalized spacial score (nSPS) is 27.4. The standard InChI is InChI=1S/C15H16FN3O4S2/c16-10-3-1-2-4-13(10)25(22,23)17-5-6-18-11(7-17)14(20)19-9-24-8-12(19)15(18)21/h1-4,11-12H,5-9H2/t11-,12+/m1/s1. The fraction of sp³-hybridized carbons (Fsp3) is 0.467. The first-order chi connectivity index (χ1) is 11.9. The number of hydrogen-bond acceptors (Lipinski definition) is 5. The summed E-state index contributed by atoms with van der Waals surface area (Å²) in [6, 6.07) is 3.89. The van der Waals surface area contributed by atoms with Gasteiger partial charge in [-0.25, -0.2) is 12.8 Å². The van der Waals surface area contributed by atoms with Gasteiger partial charge in [0.25, 0.3) is 0 Å². The fourth-order valence-corrected chi connectivity index (χ4v) is 6.15. The van der Waals surface area contributed by atoms with Gasteiger partial charge in [-0.05, 0) is 12.1 Å². The number of carbonyl (C=O) groups is 2. The lowest BCUT2D eigenvalue weighted by Gasteiger charge is -2.46. The number of amides is 2. The number of hydrogen-bond donors (Lipinski definition) is 0. The van der Waals surface area contributed by atoms with E-state index in [-0.39, 0.29) is 31.4 Å². The van der Waals surface area contributed by atoms with E-state index in [0.29, 0.717) is 11.6 Å². The van der Waals surface area contributed by atoms with Crippen molar-refractivity contribution in [3.05, 3.63) is 30.1 Å². The molecular formula is C15H16FN3O4S2. The van der Waals surface area contributed by atoms with Gasteiger partial charge in [0.15, 0.2) is 0 Å². The van der Waals surface area contributed by atoms with Crippen LogP contribution in [-0.2, 0) is 19.6 Å². The summed E-state index contributed by atoms with van der Waals surface area (Å²) < 4.78 is 40.5. The zero-order chi connectivity index (χ0) is 17.8. The molecule has 3 fully saturated rings. The summed E-state index contributed by atoms with van der Waals surface area (Å²) in [4.78, 5) is 27.8. The minimum atomic E-state index is -4.06. The molecule has 3 saturated heterocycles. The average Bonchev–Trinajstić information content (AvgIpc) is 3.09. The SMILES string of the molecule is O=C1[C@@H]2CSCN2C(=O)[C@H]2CN(S(=O)(=O)c3ccccc3F)CCN12. The zero-order valence-corrected chi connectivity index (χ0v) is 14.8. The van der Waals surface area contributed by atoms with Gasteiger partial charge in [0.05, 0.1) is 5.88 Å². The van der Waals surface area contributed by atoms with Crippen LogP contribution in [0.4, 0.5) is 4.39 Å². The third kappa shape index (κ3) is 2.54. The molecule has 3 aliphatic heterocycles. The summed E-state index contributed by atoms with van der Waals surface area (Å²) in [7, 11) is -4.06. The molecule has 1 aromatic carbocycles. The van der Waals surface area contributed by atoms with E-state index in [0.717, 1.165) is 10.4 Å². The molecule has 3 heterocycles. The van der Waals surface area contributed by atoms with Gasteiger partial charge in [-0.1, -0.05) is 12.1 Å². The Bertz CT molecular complexity index is 847. The minimum Gasteiger partial charge on any atom is -0.326 e. The molecule has 10 heteroatoms. The van der Waals surface area contributed by atoms with Crippen LogP contribution in [0, 0.1) is 5.82 Å². The van der Waals surface area contributed by atoms with Gasteiger partial charge < -0.3 is 9.80 Å². The summed E-state index contributed by atoms with van der Waals surface area (Å²) in [5.74, 6) is -0.169. The maximum Gasteiger partial charge on any atom is 0.248 e. The van der Waals surface area contributed by atoms with Crippen molar-refractivity contribution in [2.45, 2.75) is 17.0 Å². The highest BCUT2D eigenvalue weighted by molar-refractivity contribution is 7.99. The quantitative estimate of drug-likeness (QED) is 0.713. The highest BCUT2D eigenvalue weighted by Crippen LogP contribution is 2.31. The molecule has 7 nitrogen and oxygen atoms in total. The highest BCUT2D eigenvalue weighted by Gasteiger charge is 2.51. The van der Waals surface area contributed by atoms with E-state index in [1.807, 2.05) is 0 Å². The lowest BCUT2D eigenvalue weighted by atomic mass is 10.0. The van der Waals surface area contributed by atoms with Gasteiger partial charge in [-0.3, -0.25) is 9.59 Å². The number of thioether (sulfide) groups is 1. The third-order valence-corrected chi connectivity index (χ3v) is 7.73. The topological polar surface area (TPSA) is 78.0 Å². The first-order valence-electron chi connectivity index (χ1n) is 7.84. The Morgan fingerprint density at radius 2 is 1.76 bits per heavy atom. The number of carbonyl (C=O) groups excluding carboxylic acids is 2. The van der Waals surface area contributed by atoms with Crippen LogP contribution < -0.4 is 0 Å². The number of rotatable bonds is 2. The molecule has 0 N–H and O–H groups in total. The van der Waals surface area contributed by atoms with E-state index >= 15 is 0 Å². The van der Waals surface area contributed by atoms with Crippen LogP contribution in [0.15, 0.2) is 29.2 Å². The lowest BCUT2D eigenvalue weighted by molar-refractivity contribution is -0.161. The smallest absolute Gasteiger partial charge is 0.248 e. The van der Waals surface area contributed by atoms with Crippen molar-refractivity contribution in [1.82, 2.24) is 14.1 Å². The number of sulfonamides is 1. The van der Waals surface area contributed by atoms with E-state index in [1.54, 1.807) is 0 Å². The number of piperazine rings is 2. The Morgan fingerprint density at radius 3 is 2.52 bits per heavy atom. The Kier molecular flexibility index (Phi) is 4.00. The predicted molar refractivity (Wildman–Crippen MR) is 88.6 cm³/mol. The summed E-state index contributed by atoms with van der Waals surface area (Å²) >= 11 is 1.51. The summed E-state index contributed by atoms with van der Waals surface area (Å²) in [6.07, 6.45) is 0. The molecule has 3 aliphatic rings. The number of benzene rings is 1. The van der Waals surface area contributed by atoms with E-state index < -0.39 is 32.8 Å². The number of fused-ring (bicyclic) bond motifs is 2. The molecule has 25 heavy (non-hydrogen) atoms. The molecule has 1 aromatic rings. The monoisotopic (exact) mass is 385 g/mol. The van der Waals surface area contributed by atoms with Gasteiger partial charge in [0.2, 0.25) is 21.8 Å². The first-order valence-corrected chi connectivity index (χ1v) is 10.4. The third-order valence-electron chi connectivity index (χ3n) is 4.82. The Labute approximate surface area is 148 Å². The Hall–Kier alpha value is -1.65. The van der Waals surface area contributed by atoms with Crippen LogP contribution in [0.3, 0.4) is 0 Å². The first kappa shape index (κ1) is 16.8. The highest BCUT2D eigenvalue weighted by atomic mass is 32.2. The molecule has 0 unspecified atom stereocenters. The maximum absolute atomic E-state index is 13.9. The molecule has 0 radical (unpaired) electrons. The fourth-order valence-electron chi connectivity index (χ4n) is 3.49. The molecule has 0 spiro atoms. The molecule has 0 aliphatic carbocycles. The van der Waals surface area contributed by atoms with Crippen molar-refractivity contribution < 1.29 is 22.4 Å². The second kappa shape index (κ2) is 5.96. The second-order valence-electron chi connectivity index (χ2n) is 6.16. The molecule has 0 aromatic heterocycles.